The molecule has 0 radical (unpaired) electrons. The number of carbonyl (C=O) groups excluding carboxylic acids is 1. The van der Waals surface area contributed by atoms with Crippen LogP contribution in [0.15, 0.2) is 48.5 Å². The van der Waals surface area contributed by atoms with Crippen molar-refractivity contribution in [1.29, 1.82) is 0 Å². The highest BCUT2D eigenvalue weighted by Crippen LogP contribution is 2.39. The van der Waals surface area contributed by atoms with E-state index in [1.54, 1.807) is 0 Å². The summed E-state index contributed by atoms with van der Waals surface area (Å²) >= 11 is 0. The molecule has 0 spiro atoms. The Morgan fingerprint density at radius 3 is 1.97 bits per heavy atom. The maximum atomic E-state index is 12.8. The van der Waals surface area contributed by atoms with Gasteiger partial charge < -0.3 is 5.11 Å². The molecule has 2 rings (SSSR count). The van der Waals surface area contributed by atoms with E-state index in [0.717, 1.165) is 24.0 Å². The van der Waals surface area contributed by atoms with Gasteiger partial charge in [-0.15, -0.1) is 0 Å². The van der Waals surface area contributed by atoms with Crippen LogP contribution < -0.4 is 0 Å². The first-order chi connectivity index (χ1) is 14.0. The van der Waals surface area contributed by atoms with Crippen molar-refractivity contribution in [3.63, 3.8) is 0 Å². The number of nitro benzene ring substituents is 1. The molecule has 6 nitrogen and oxygen atoms in total. The monoisotopic (exact) mass is 411 g/mol. The predicted octanol–water partition coefficient (Wildman–Crippen LogP) is 5.50. The van der Waals surface area contributed by atoms with Crippen molar-refractivity contribution in [1.82, 2.24) is 0 Å². The van der Waals surface area contributed by atoms with Crippen molar-refractivity contribution < 1.29 is 19.6 Å². The Morgan fingerprint density at radius 2 is 1.53 bits per heavy atom. The van der Waals surface area contributed by atoms with E-state index in [9.17, 15) is 24.8 Å². The molecule has 2 aromatic carbocycles. The average Bonchev–Trinajstić information content (AvgIpc) is 2.67. The van der Waals surface area contributed by atoms with E-state index < -0.39 is 28.1 Å². The largest absolute Gasteiger partial charge is 0.481 e. The van der Waals surface area contributed by atoms with Crippen LogP contribution in [-0.4, -0.2) is 21.8 Å². The summed E-state index contributed by atoms with van der Waals surface area (Å²) < 4.78 is 0. The maximum Gasteiger partial charge on any atom is 0.311 e. The second kappa shape index (κ2) is 9.65. The minimum atomic E-state index is -1.06. The number of rotatable bonds is 9. The van der Waals surface area contributed by atoms with Crippen LogP contribution in [0.2, 0.25) is 0 Å². The lowest BCUT2D eigenvalue weighted by molar-refractivity contribution is -0.384. The molecule has 2 unspecified atom stereocenters. The number of carbonyl (C=O) groups is 2. The molecule has 0 saturated heterocycles. The summed E-state index contributed by atoms with van der Waals surface area (Å²) in [6.45, 7) is 7.54. The number of hydrogen-bond donors (Lipinski definition) is 1. The molecule has 0 fully saturated rings. The molecule has 2 aromatic rings. The minimum Gasteiger partial charge on any atom is -0.481 e. The van der Waals surface area contributed by atoms with Gasteiger partial charge in [0.1, 0.15) is 5.78 Å². The van der Waals surface area contributed by atoms with Crippen LogP contribution in [0, 0.1) is 15.5 Å². The lowest BCUT2D eigenvalue weighted by atomic mass is 9.75. The lowest BCUT2D eigenvalue weighted by Crippen LogP contribution is -2.27. The smallest absolute Gasteiger partial charge is 0.311 e. The first kappa shape index (κ1) is 23.3. The van der Waals surface area contributed by atoms with Crippen LogP contribution in [0.1, 0.15) is 69.1 Å². The van der Waals surface area contributed by atoms with Crippen molar-refractivity contribution in [3.05, 3.63) is 75.3 Å². The predicted molar refractivity (Wildman–Crippen MR) is 116 cm³/mol. The van der Waals surface area contributed by atoms with E-state index in [-0.39, 0.29) is 17.9 Å². The number of carboxylic acid groups (broad SMARTS) is 1. The van der Waals surface area contributed by atoms with Crippen molar-refractivity contribution in [2.24, 2.45) is 5.41 Å². The fourth-order valence-electron chi connectivity index (χ4n) is 3.50. The molecule has 1 N–H and O–H groups in total. The molecule has 2 atom stereocenters. The molecule has 0 aliphatic rings. The highest BCUT2D eigenvalue weighted by atomic mass is 16.6. The van der Waals surface area contributed by atoms with Crippen LogP contribution in [0.5, 0.6) is 0 Å². The van der Waals surface area contributed by atoms with Gasteiger partial charge >= 0.3 is 5.97 Å². The number of Topliss-reactive ketones (excluding diaryl/α,β-unsaturated/α-hetero) is 1. The first-order valence-electron chi connectivity index (χ1n) is 10.1. The number of non-ortho nitro benzene ring substituents is 1. The zero-order valence-corrected chi connectivity index (χ0v) is 17.9. The average molecular weight is 411 g/mol. The zero-order chi connectivity index (χ0) is 22.5. The van der Waals surface area contributed by atoms with E-state index in [1.807, 2.05) is 45.0 Å². The summed E-state index contributed by atoms with van der Waals surface area (Å²) in [5, 5.41) is 21.0. The maximum absolute atomic E-state index is 12.8. The highest BCUT2D eigenvalue weighted by Gasteiger charge is 2.35. The molecule has 0 aliphatic heterocycles. The van der Waals surface area contributed by atoms with Gasteiger partial charge in [-0.25, -0.2) is 0 Å². The van der Waals surface area contributed by atoms with Gasteiger partial charge in [0.05, 0.1) is 10.8 Å². The van der Waals surface area contributed by atoms with Crippen molar-refractivity contribution in [2.45, 2.75) is 58.8 Å². The van der Waals surface area contributed by atoms with E-state index in [2.05, 4.69) is 6.92 Å². The van der Waals surface area contributed by atoms with Gasteiger partial charge in [0.2, 0.25) is 0 Å². The van der Waals surface area contributed by atoms with E-state index in [4.69, 9.17) is 0 Å². The summed E-state index contributed by atoms with van der Waals surface area (Å²) in [7, 11) is 0. The number of benzene rings is 2. The number of carboxylic acids is 1. The lowest BCUT2D eigenvalue weighted by Gasteiger charge is -2.27. The minimum absolute atomic E-state index is 0.0294. The number of nitrogens with zero attached hydrogens (tertiary/aromatic N) is 1. The quantitative estimate of drug-likeness (QED) is 0.434. The number of ketones is 1. The summed E-state index contributed by atoms with van der Waals surface area (Å²) in [6.07, 6.45) is 2.01. The SMILES string of the molecule is CCCc1ccc(C(CC(=O)C(C)(C)C)C(C(=O)O)c2ccc([N+](=O)[O-])cc2)cc1. The molecular formula is C24H29NO5. The molecule has 0 aliphatic carbocycles. The number of hydrogen-bond acceptors (Lipinski definition) is 4. The molecule has 0 bridgehead atoms. The van der Waals surface area contributed by atoms with Crippen LogP contribution in [0.25, 0.3) is 0 Å². The Bertz CT molecular complexity index is 895. The van der Waals surface area contributed by atoms with Gasteiger partial charge in [0, 0.05) is 29.9 Å². The highest BCUT2D eigenvalue weighted by molar-refractivity contribution is 5.86. The van der Waals surface area contributed by atoms with Gasteiger partial charge in [-0.3, -0.25) is 19.7 Å². The zero-order valence-electron chi connectivity index (χ0n) is 17.9. The Labute approximate surface area is 177 Å². The molecule has 0 heterocycles. The van der Waals surface area contributed by atoms with Gasteiger partial charge in [0.15, 0.2) is 0 Å². The first-order valence-corrected chi connectivity index (χ1v) is 10.1. The summed E-state index contributed by atoms with van der Waals surface area (Å²) in [6, 6.07) is 13.3. The van der Waals surface area contributed by atoms with Crippen LogP contribution in [-0.2, 0) is 16.0 Å². The second-order valence-corrected chi connectivity index (χ2v) is 8.64. The van der Waals surface area contributed by atoms with Gasteiger partial charge in [-0.1, -0.05) is 70.5 Å². The fourth-order valence-corrected chi connectivity index (χ4v) is 3.50. The Kier molecular flexibility index (Phi) is 7.48. The third-order valence-corrected chi connectivity index (χ3v) is 5.32. The second-order valence-electron chi connectivity index (χ2n) is 8.64. The normalized spacial score (nSPS) is 13.5. The molecular weight excluding hydrogens is 382 g/mol. The van der Waals surface area contributed by atoms with Gasteiger partial charge in [0.25, 0.3) is 5.69 Å². The number of aliphatic carboxylic acids is 1. The number of aryl methyl sites for hydroxylation is 1. The topological polar surface area (TPSA) is 97.5 Å². The van der Waals surface area contributed by atoms with Crippen LogP contribution in [0.4, 0.5) is 5.69 Å². The Morgan fingerprint density at radius 1 is 1.00 bits per heavy atom. The summed E-state index contributed by atoms with van der Waals surface area (Å²) in [4.78, 5) is 35.6. The Balaban J connectivity index is 2.51. The third-order valence-electron chi connectivity index (χ3n) is 5.32. The summed E-state index contributed by atoms with van der Waals surface area (Å²) in [5.74, 6) is -2.66. The molecule has 0 amide bonds. The van der Waals surface area contributed by atoms with Crippen LogP contribution >= 0.6 is 0 Å². The number of nitro groups is 1. The van der Waals surface area contributed by atoms with E-state index in [0.29, 0.717) is 5.56 Å². The molecule has 0 aromatic heterocycles. The van der Waals surface area contributed by atoms with Crippen molar-refractivity contribution >= 4 is 17.4 Å². The molecule has 160 valence electrons. The molecule has 6 heteroatoms. The van der Waals surface area contributed by atoms with Crippen molar-refractivity contribution in [2.75, 3.05) is 0 Å². The van der Waals surface area contributed by atoms with Crippen LogP contribution in [0.3, 0.4) is 0 Å². The summed E-state index contributed by atoms with van der Waals surface area (Å²) in [5.41, 5.74) is 1.67. The van der Waals surface area contributed by atoms with E-state index >= 15 is 0 Å². The molecule has 30 heavy (non-hydrogen) atoms. The van der Waals surface area contributed by atoms with Gasteiger partial charge in [-0.05, 0) is 23.1 Å². The Hall–Kier alpha value is -3.02. The third kappa shape index (κ3) is 5.75. The fraction of sp³-hybridized carbons (Fsp3) is 0.417. The van der Waals surface area contributed by atoms with Gasteiger partial charge in [-0.2, -0.15) is 0 Å². The van der Waals surface area contributed by atoms with E-state index in [1.165, 1.54) is 24.3 Å². The standard InChI is InChI=1S/C24H29NO5/c1-5-6-16-7-9-17(10-8-16)20(15-21(26)24(2,3)4)22(23(27)28)18-11-13-19(14-12-18)25(29)30/h7-14,20,22H,5-6,15H2,1-4H3,(H,27,28). The van der Waals surface area contributed by atoms with Crippen molar-refractivity contribution in [3.8, 4) is 0 Å². The molecule has 0 saturated carbocycles.